The fourth-order valence-electron chi connectivity index (χ4n) is 2.98. The van der Waals surface area contributed by atoms with Crippen LogP contribution < -0.4 is 5.32 Å². The molecule has 146 valence electrons. The maximum absolute atomic E-state index is 13.0. The average Bonchev–Trinajstić information content (AvgIpc) is 3.11. The summed E-state index contributed by atoms with van der Waals surface area (Å²) in [5, 5.41) is 17.0. The van der Waals surface area contributed by atoms with Gasteiger partial charge in [0.2, 0.25) is 0 Å². The van der Waals surface area contributed by atoms with Crippen molar-refractivity contribution < 1.29 is 19.4 Å². The zero-order valence-electron chi connectivity index (χ0n) is 16.0. The molecule has 2 N–H and O–H groups in total. The van der Waals surface area contributed by atoms with Gasteiger partial charge in [0, 0.05) is 19.2 Å². The Hall–Kier alpha value is -3.26. The van der Waals surface area contributed by atoms with Crippen LogP contribution in [0.3, 0.4) is 0 Å². The molecule has 0 bridgehead atoms. The Morgan fingerprint density at radius 1 is 1.29 bits per heavy atom. The monoisotopic (exact) mass is 382 g/mol. The van der Waals surface area contributed by atoms with Crippen LogP contribution in [0.2, 0.25) is 0 Å². The standard InChI is InChI=1S/C20H22N4O4/c1-4-24-17-15(11-21-24)14(10-16(22-17)13-8-6-5-7-9-13)18(25)23-20(2,12-28-3)19(26)27/h5-11H,4,12H2,1-3H3,(H,23,25)(H,26,27). The number of ether oxygens (including phenoxy) is 1. The molecular weight excluding hydrogens is 360 g/mol. The SMILES string of the molecule is CCn1ncc2c(C(=O)NC(C)(COC)C(=O)O)cc(-c3ccccc3)nc21. The number of methoxy groups -OCH3 is 1. The summed E-state index contributed by atoms with van der Waals surface area (Å²) >= 11 is 0. The van der Waals surface area contributed by atoms with E-state index in [9.17, 15) is 14.7 Å². The lowest BCUT2D eigenvalue weighted by Crippen LogP contribution is -2.55. The molecule has 1 aromatic carbocycles. The van der Waals surface area contributed by atoms with Crippen LogP contribution >= 0.6 is 0 Å². The molecule has 0 saturated carbocycles. The van der Waals surface area contributed by atoms with Gasteiger partial charge in [-0.2, -0.15) is 5.10 Å². The largest absolute Gasteiger partial charge is 0.479 e. The van der Waals surface area contributed by atoms with E-state index in [0.29, 0.717) is 28.8 Å². The molecule has 3 aromatic rings. The summed E-state index contributed by atoms with van der Waals surface area (Å²) in [7, 11) is 1.39. The van der Waals surface area contributed by atoms with Gasteiger partial charge in [-0.1, -0.05) is 30.3 Å². The van der Waals surface area contributed by atoms with Crippen molar-refractivity contribution in [1.82, 2.24) is 20.1 Å². The third-order valence-electron chi connectivity index (χ3n) is 4.52. The van der Waals surface area contributed by atoms with E-state index in [2.05, 4.69) is 15.4 Å². The van der Waals surface area contributed by atoms with E-state index in [-0.39, 0.29) is 6.61 Å². The highest BCUT2D eigenvalue weighted by atomic mass is 16.5. The Balaban J connectivity index is 2.12. The molecule has 1 unspecified atom stereocenters. The molecule has 0 radical (unpaired) electrons. The number of benzene rings is 1. The summed E-state index contributed by atoms with van der Waals surface area (Å²) in [5.41, 5.74) is 0.775. The van der Waals surface area contributed by atoms with E-state index in [0.717, 1.165) is 5.56 Å². The lowest BCUT2D eigenvalue weighted by molar-refractivity contribution is -0.145. The first-order valence-corrected chi connectivity index (χ1v) is 8.86. The van der Waals surface area contributed by atoms with E-state index in [1.807, 2.05) is 37.3 Å². The Morgan fingerprint density at radius 2 is 2.00 bits per heavy atom. The molecule has 0 aliphatic carbocycles. The van der Waals surface area contributed by atoms with Crippen LogP contribution in [0, 0.1) is 0 Å². The number of carbonyl (C=O) groups is 2. The number of carbonyl (C=O) groups excluding carboxylic acids is 1. The molecule has 0 saturated heterocycles. The zero-order chi connectivity index (χ0) is 20.3. The summed E-state index contributed by atoms with van der Waals surface area (Å²) in [6.45, 7) is 3.76. The van der Waals surface area contributed by atoms with Crippen LogP contribution in [-0.2, 0) is 16.1 Å². The van der Waals surface area contributed by atoms with Crippen molar-refractivity contribution in [3.8, 4) is 11.3 Å². The summed E-state index contributed by atoms with van der Waals surface area (Å²) in [5.74, 6) is -1.71. The minimum atomic E-state index is -1.56. The van der Waals surface area contributed by atoms with E-state index in [4.69, 9.17) is 4.74 Å². The number of nitrogens with one attached hydrogen (secondary N) is 1. The minimum Gasteiger partial charge on any atom is -0.479 e. The predicted molar refractivity (Wildman–Crippen MR) is 104 cm³/mol. The van der Waals surface area contributed by atoms with Crippen molar-refractivity contribution in [1.29, 1.82) is 0 Å². The summed E-state index contributed by atoms with van der Waals surface area (Å²) in [6.07, 6.45) is 1.57. The van der Waals surface area contributed by atoms with Crippen LogP contribution in [0.25, 0.3) is 22.3 Å². The number of nitrogens with zero attached hydrogens (tertiary/aromatic N) is 3. The highest BCUT2D eigenvalue weighted by molar-refractivity contribution is 6.08. The third-order valence-corrected chi connectivity index (χ3v) is 4.52. The van der Waals surface area contributed by atoms with Crippen LogP contribution in [-0.4, -0.2) is 51.0 Å². The van der Waals surface area contributed by atoms with Crippen molar-refractivity contribution in [2.45, 2.75) is 25.9 Å². The average molecular weight is 382 g/mol. The second-order valence-electron chi connectivity index (χ2n) is 6.64. The quantitative estimate of drug-likeness (QED) is 0.650. The number of aromatic nitrogens is 3. The molecular formula is C20H22N4O4. The van der Waals surface area contributed by atoms with Crippen molar-refractivity contribution >= 4 is 22.9 Å². The zero-order valence-corrected chi connectivity index (χ0v) is 16.0. The molecule has 8 nitrogen and oxygen atoms in total. The summed E-state index contributed by atoms with van der Waals surface area (Å²) < 4.78 is 6.68. The van der Waals surface area contributed by atoms with Gasteiger partial charge < -0.3 is 15.2 Å². The van der Waals surface area contributed by atoms with Crippen molar-refractivity contribution in [3.63, 3.8) is 0 Å². The van der Waals surface area contributed by atoms with E-state index in [1.165, 1.54) is 14.0 Å². The number of amides is 1. The normalized spacial score (nSPS) is 13.2. The predicted octanol–water partition coefficient (Wildman–Crippen LogP) is 2.34. The Bertz CT molecular complexity index is 1020. The Kier molecular flexibility index (Phi) is 5.41. The minimum absolute atomic E-state index is 0.165. The van der Waals surface area contributed by atoms with Crippen LogP contribution in [0.15, 0.2) is 42.6 Å². The van der Waals surface area contributed by atoms with Gasteiger partial charge in [0.05, 0.1) is 29.4 Å². The van der Waals surface area contributed by atoms with Gasteiger partial charge in [-0.25, -0.2) is 14.5 Å². The molecule has 0 spiro atoms. The van der Waals surface area contributed by atoms with Gasteiger partial charge in [-0.05, 0) is 19.9 Å². The highest BCUT2D eigenvalue weighted by Crippen LogP contribution is 2.25. The van der Waals surface area contributed by atoms with Crippen molar-refractivity contribution in [2.75, 3.05) is 13.7 Å². The molecule has 3 rings (SSSR count). The molecule has 8 heteroatoms. The molecule has 1 amide bonds. The highest BCUT2D eigenvalue weighted by Gasteiger charge is 2.36. The molecule has 2 heterocycles. The number of carboxylic acid groups (broad SMARTS) is 1. The van der Waals surface area contributed by atoms with E-state index >= 15 is 0 Å². The number of rotatable bonds is 7. The number of hydrogen-bond acceptors (Lipinski definition) is 5. The van der Waals surface area contributed by atoms with Crippen LogP contribution in [0.4, 0.5) is 0 Å². The van der Waals surface area contributed by atoms with E-state index < -0.39 is 17.4 Å². The second-order valence-corrected chi connectivity index (χ2v) is 6.64. The summed E-state index contributed by atoms with van der Waals surface area (Å²) in [4.78, 5) is 29.4. The van der Waals surface area contributed by atoms with Crippen LogP contribution in [0.5, 0.6) is 0 Å². The number of hydrogen-bond donors (Lipinski definition) is 2. The number of aliphatic carboxylic acids is 1. The first-order valence-electron chi connectivity index (χ1n) is 8.86. The number of fused-ring (bicyclic) bond motifs is 1. The second kappa shape index (κ2) is 7.77. The maximum Gasteiger partial charge on any atom is 0.331 e. The molecule has 0 aliphatic heterocycles. The fourth-order valence-corrected chi connectivity index (χ4v) is 2.98. The molecule has 0 aliphatic rings. The number of carboxylic acids is 1. The fraction of sp³-hybridized carbons (Fsp3) is 0.300. The molecule has 0 fully saturated rings. The maximum atomic E-state index is 13.0. The van der Waals surface area contributed by atoms with Crippen molar-refractivity contribution in [3.05, 3.63) is 48.2 Å². The lowest BCUT2D eigenvalue weighted by atomic mass is 10.0. The van der Waals surface area contributed by atoms with Gasteiger partial charge >= 0.3 is 5.97 Å². The van der Waals surface area contributed by atoms with Gasteiger partial charge in [-0.3, -0.25) is 4.79 Å². The van der Waals surface area contributed by atoms with Gasteiger partial charge in [-0.15, -0.1) is 0 Å². The topological polar surface area (TPSA) is 106 Å². The van der Waals surface area contributed by atoms with Crippen LogP contribution in [0.1, 0.15) is 24.2 Å². The number of pyridine rings is 1. The van der Waals surface area contributed by atoms with Crippen molar-refractivity contribution in [2.24, 2.45) is 0 Å². The Morgan fingerprint density at radius 3 is 2.61 bits per heavy atom. The smallest absolute Gasteiger partial charge is 0.331 e. The van der Waals surface area contributed by atoms with E-state index in [1.54, 1.807) is 16.9 Å². The van der Waals surface area contributed by atoms with Gasteiger partial charge in [0.25, 0.3) is 5.91 Å². The van der Waals surface area contributed by atoms with Gasteiger partial charge in [0.1, 0.15) is 0 Å². The molecule has 2 aromatic heterocycles. The third kappa shape index (κ3) is 3.59. The number of aryl methyl sites for hydroxylation is 1. The lowest BCUT2D eigenvalue weighted by Gasteiger charge is -2.25. The molecule has 1 atom stereocenters. The molecule has 28 heavy (non-hydrogen) atoms. The van der Waals surface area contributed by atoms with Gasteiger partial charge in [0.15, 0.2) is 11.2 Å². The first-order chi connectivity index (χ1) is 13.4. The first kappa shape index (κ1) is 19.5. The Labute approximate surface area is 162 Å². The summed E-state index contributed by atoms with van der Waals surface area (Å²) in [6, 6.07) is 11.1.